The third kappa shape index (κ3) is 3.20. The molecule has 3 heterocycles. The molecule has 1 saturated carbocycles. The third-order valence-electron chi connectivity index (χ3n) is 4.42. The number of rotatable bonds is 4. The predicted molar refractivity (Wildman–Crippen MR) is 98.6 cm³/mol. The molecule has 27 heavy (non-hydrogen) atoms. The lowest BCUT2D eigenvalue weighted by atomic mass is 9.97. The Bertz CT molecular complexity index is 1070. The summed E-state index contributed by atoms with van der Waals surface area (Å²) in [5, 5.41) is 24.5. The van der Waals surface area contributed by atoms with Gasteiger partial charge in [-0.25, -0.2) is 0 Å². The number of nitrogens with one attached hydrogen (secondary N) is 2. The van der Waals surface area contributed by atoms with Gasteiger partial charge < -0.3 is 10.4 Å². The van der Waals surface area contributed by atoms with Crippen molar-refractivity contribution < 1.29 is 9.90 Å². The molecule has 0 spiro atoms. The number of aromatic hydroxyl groups is 1. The normalized spacial score (nSPS) is 14.6. The molecule has 1 aliphatic carbocycles. The van der Waals surface area contributed by atoms with Gasteiger partial charge in [-0.15, -0.1) is 0 Å². The highest BCUT2D eigenvalue weighted by molar-refractivity contribution is 5.96. The van der Waals surface area contributed by atoms with E-state index in [1.807, 2.05) is 20.8 Å². The molecule has 0 aromatic carbocycles. The average molecular weight is 370 g/mol. The quantitative estimate of drug-likeness (QED) is 0.644. The number of amides is 1. The zero-order valence-electron chi connectivity index (χ0n) is 15.5. The number of hydrogen-bond donors (Lipinski definition) is 3. The molecule has 3 aromatic rings. The van der Waals surface area contributed by atoms with E-state index in [2.05, 4.69) is 20.6 Å². The molecule has 3 aromatic heterocycles. The van der Waals surface area contributed by atoms with Crippen molar-refractivity contribution in [2.45, 2.75) is 46.2 Å². The summed E-state index contributed by atoms with van der Waals surface area (Å²) in [6.45, 7) is 6.37. The van der Waals surface area contributed by atoms with Crippen molar-refractivity contribution in [1.29, 1.82) is 0 Å². The van der Waals surface area contributed by atoms with Gasteiger partial charge in [-0.3, -0.25) is 19.3 Å². The van der Waals surface area contributed by atoms with Gasteiger partial charge in [0.05, 0.1) is 11.9 Å². The van der Waals surface area contributed by atoms with Crippen molar-refractivity contribution in [2.75, 3.05) is 0 Å². The zero-order valence-corrected chi connectivity index (χ0v) is 15.5. The minimum absolute atomic E-state index is 0.0715. The highest BCUT2D eigenvalue weighted by Crippen LogP contribution is 2.26. The summed E-state index contributed by atoms with van der Waals surface area (Å²) < 4.78 is 2.75. The lowest BCUT2D eigenvalue weighted by molar-refractivity contribution is 0.0944. The van der Waals surface area contributed by atoms with Gasteiger partial charge in [0, 0.05) is 30.4 Å². The summed E-state index contributed by atoms with van der Waals surface area (Å²) in [5.41, 5.74) is 0.669. The highest BCUT2D eigenvalue weighted by Gasteiger charge is 2.30. The van der Waals surface area contributed by atoms with Crippen LogP contribution in [0.5, 0.6) is 5.88 Å². The Labute approximate surface area is 155 Å². The molecular formula is C18H22N6O3. The molecule has 1 aliphatic rings. The van der Waals surface area contributed by atoms with Crippen LogP contribution in [0.3, 0.4) is 0 Å². The van der Waals surface area contributed by atoms with E-state index >= 15 is 0 Å². The second-order valence-electron chi connectivity index (χ2n) is 8.18. The van der Waals surface area contributed by atoms with Gasteiger partial charge in [0.25, 0.3) is 11.5 Å². The molecule has 3 N–H and O–H groups in total. The molecule has 9 nitrogen and oxygen atoms in total. The Morgan fingerprint density at radius 1 is 1.41 bits per heavy atom. The summed E-state index contributed by atoms with van der Waals surface area (Å²) in [4.78, 5) is 25.7. The van der Waals surface area contributed by atoms with Gasteiger partial charge in [-0.05, 0) is 18.3 Å². The van der Waals surface area contributed by atoms with Crippen molar-refractivity contribution in [3.8, 4) is 17.1 Å². The molecule has 0 radical (unpaired) electrons. The summed E-state index contributed by atoms with van der Waals surface area (Å²) >= 11 is 0. The van der Waals surface area contributed by atoms with Gasteiger partial charge in [0.2, 0.25) is 5.88 Å². The maximum atomic E-state index is 13.1. The van der Waals surface area contributed by atoms with Gasteiger partial charge in [-0.2, -0.15) is 14.7 Å². The second-order valence-corrected chi connectivity index (χ2v) is 8.18. The number of H-pyrrole nitrogens is 1. The van der Waals surface area contributed by atoms with Crippen molar-refractivity contribution >= 4 is 11.6 Å². The monoisotopic (exact) mass is 370 g/mol. The molecule has 9 heteroatoms. The SMILES string of the molecule is CC(C)(C)Cn1c(=O)c(C(=O)NC2CC2)c(O)n2nc(-c3cn[nH]c3)cc12. The summed E-state index contributed by atoms with van der Waals surface area (Å²) in [7, 11) is 0. The second kappa shape index (κ2) is 5.97. The Morgan fingerprint density at radius 3 is 2.74 bits per heavy atom. The van der Waals surface area contributed by atoms with E-state index < -0.39 is 17.3 Å². The first-order valence-corrected chi connectivity index (χ1v) is 8.90. The van der Waals surface area contributed by atoms with Crippen LogP contribution in [-0.2, 0) is 6.54 Å². The first-order valence-electron chi connectivity index (χ1n) is 8.90. The molecule has 0 unspecified atom stereocenters. The highest BCUT2D eigenvalue weighted by atomic mass is 16.3. The molecule has 0 bridgehead atoms. The van der Waals surface area contributed by atoms with Gasteiger partial charge >= 0.3 is 0 Å². The van der Waals surface area contributed by atoms with Crippen LogP contribution in [0.4, 0.5) is 0 Å². The topological polar surface area (TPSA) is 117 Å². The Kier molecular flexibility index (Phi) is 3.83. The Balaban J connectivity index is 1.95. The van der Waals surface area contributed by atoms with E-state index in [0.29, 0.717) is 17.9 Å². The van der Waals surface area contributed by atoms with Crippen LogP contribution in [0, 0.1) is 5.41 Å². The van der Waals surface area contributed by atoms with E-state index in [4.69, 9.17) is 0 Å². The number of hydrogen-bond acceptors (Lipinski definition) is 5. The van der Waals surface area contributed by atoms with Crippen molar-refractivity contribution in [3.05, 3.63) is 34.4 Å². The van der Waals surface area contributed by atoms with E-state index in [-0.39, 0.29) is 17.0 Å². The van der Waals surface area contributed by atoms with Crippen LogP contribution in [0.25, 0.3) is 16.9 Å². The Hall–Kier alpha value is -3.10. The largest absolute Gasteiger partial charge is 0.492 e. The first kappa shape index (κ1) is 17.3. The summed E-state index contributed by atoms with van der Waals surface area (Å²) in [6, 6.07) is 1.78. The van der Waals surface area contributed by atoms with Gasteiger partial charge in [0.1, 0.15) is 5.65 Å². The average Bonchev–Trinajstić information content (AvgIpc) is 3.08. The number of aromatic nitrogens is 5. The van der Waals surface area contributed by atoms with E-state index in [1.165, 1.54) is 9.08 Å². The van der Waals surface area contributed by atoms with Crippen molar-refractivity contribution in [3.63, 3.8) is 0 Å². The molecule has 1 amide bonds. The molecule has 4 rings (SSSR count). The number of carbonyl (C=O) groups is 1. The van der Waals surface area contributed by atoms with Gasteiger partial charge in [-0.1, -0.05) is 20.8 Å². The standard InChI is InChI=1S/C18H22N6O3/c1-18(2,3)9-23-13-6-12(10-7-19-20-8-10)22-24(13)17(27)14(16(23)26)15(25)21-11-4-5-11/h6-8,11,27H,4-5,9H2,1-3H3,(H,19,20)(H,21,25). The van der Waals surface area contributed by atoms with Crippen LogP contribution in [0.2, 0.25) is 0 Å². The molecule has 142 valence electrons. The summed E-state index contributed by atoms with van der Waals surface area (Å²) in [5.74, 6) is -1.02. The fourth-order valence-corrected chi connectivity index (χ4v) is 3.00. The molecule has 0 aliphatic heterocycles. The van der Waals surface area contributed by atoms with Crippen molar-refractivity contribution in [2.24, 2.45) is 5.41 Å². The minimum atomic E-state index is -0.565. The number of aromatic amines is 1. The molecular weight excluding hydrogens is 348 g/mol. The predicted octanol–water partition coefficient (Wildman–Crippen LogP) is 1.53. The fraction of sp³-hybridized carbons (Fsp3) is 0.444. The van der Waals surface area contributed by atoms with E-state index in [0.717, 1.165) is 18.4 Å². The van der Waals surface area contributed by atoms with Crippen LogP contribution in [0.15, 0.2) is 23.3 Å². The molecule has 1 fully saturated rings. The number of carbonyl (C=O) groups excluding carboxylic acids is 1. The Morgan fingerprint density at radius 2 is 2.15 bits per heavy atom. The maximum Gasteiger partial charge on any atom is 0.270 e. The minimum Gasteiger partial charge on any atom is -0.492 e. The van der Waals surface area contributed by atoms with Crippen LogP contribution >= 0.6 is 0 Å². The van der Waals surface area contributed by atoms with Crippen LogP contribution in [-0.4, -0.2) is 41.4 Å². The molecule has 0 atom stereocenters. The first-order chi connectivity index (χ1) is 12.7. The third-order valence-corrected chi connectivity index (χ3v) is 4.42. The molecule has 0 saturated heterocycles. The maximum absolute atomic E-state index is 13.1. The van der Waals surface area contributed by atoms with Crippen LogP contribution in [0.1, 0.15) is 44.0 Å². The smallest absolute Gasteiger partial charge is 0.270 e. The lowest BCUT2D eigenvalue weighted by Crippen LogP contribution is -2.37. The van der Waals surface area contributed by atoms with Crippen LogP contribution < -0.4 is 10.9 Å². The van der Waals surface area contributed by atoms with Gasteiger partial charge in [0.15, 0.2) is 5.56 Å². The van der Waals surface area contributed by atoms with E-state index in [1.54, 1.807) is 18.5 Å². The summed E-state index contributed by atoms with van der Waals surface area (Å²) in [6.07, 6.45) is 5.05. The zero-order chi connectivity index (χ0) is 19.3. The fourth-order valence-electron chi connectivity index (χ4n) is 3.00. The van der Waals surface area contributed by atoms with E-state index in [9.17, 15) is 14.7 Å². The van der Waals surface area contributed by atoms with Crippen molar-refractivity contribution in [1.82, 2.24) is 29.7 Å². The number of nitrogens with zero attached hydrogens (tertiary/aromatic N) is 4. The number of fused-ring (bicyclic) bond motifs is 1. The lowest BCUT2D eigenvalue weighted by Gasteiger charge is -2.21.